The van der Waals surface area contributed by atoms with Crippen LogP contribution in [0.15, 0.2) is 24.3 Å². The van der Waals surface area contributed by atoms with Crippen molar-refractivity contribution in [2.75, 3.05) is 13.1 Å². The fourth-order valence-electron chi connectivity index (χ4n) is 2.72. The van der Waals surface area contributed by atoms with Gasteiger partial charge in [0.25, 0.3) is 5.91 Å². The molecule has 1 saturated heterocycles. The van der Waals surface area contributed by atoms with Crippen LogP contribution in [0.25, 0.3) is 0 Å². The smallest absolute Gasteiger partial charge is 0.303 e. The van der Waals surface area contributed by atoms with Crippen molar-refractivity contribution in [1.29, 1.82) is 0 Å². The molecule has 0 saturated carbocycles. The maximum absolute atomic E-state index is 12.9. The molecule has 1 fully saturated rings. The minimum Gasteiger partial charge on any atom is -0.481 e. The largest absolute Gasteiger partial charge is 0.481 e. The SMILES string of the molecule is NC1CC(CCC(=O)O)CN(C(=O)c2ccc(F)cc2)C1. The van der Waals surface area contributed by atoms with Gasteiger partial charge in [0.05, 0.1) is 0 Å². The molecule has 21 heavy (non-hydrogen) atoms. The molecule has 1 heterocycles. The summed E-state index contributed by atoms with van der Waals surface area (Å²) in [6.45, 7) is 0.941. The number of amides is 1. The molecule has 0 radical (unpaired) electrons. The normalized spacial score (nSPS) is 22.1. The molecule has 0 spiro atoms. The van der Waals surface area contributed by atoms with E-state index in [-0.39, 0.29) is 30.1 Å². The summed E-state index contributed by atoms with van der Waals surface area (Å²) in [5.74, 6) is -1.33. The quantitative estimate of drug-likeness (QED) is 0.881. The molecule has 1 aliphatic rings. The number of carbonyl (C=O) groups is 2. The van der Waals surface area contributed by atoms with E-state index >= 15 is 0 Å². The maximum atomic E-state index is 12.9. The number of nitrogens with two attached hydrogens (primary N) is 1. The topological polar surface area (TPSA) is 83.6 Å². The lowest BCUT2D eigenvalue weighted by Crippen LogP contribution is -2.49. The number of likely N-dealkylation sites (tertiary alicyclic amines) is 1. The van der Waals surface area contributed by atoms with Gasteiger partial charge in [0.15, 0.2) is 0 Å². The summed E-state index contributed by atoms with van der Waals surface area (Å²) >= 11 is 0. The molecular weight excluding hydrogens is 275 g/mol. The van der Waals surface area contributed by atoms with E-state index in [1.54, 1.807) is 4.90 Å². The predicted molar refractivity (Wildman–Crippen MR) is 75.3 cm³/mol. The van der Waals surface area contributed by atoms with E-state index in [4.69, 9.17) is 10.8 Å². The summed E-state index contributed by atoms with van der Waals surface area (Å²) in [5, 5.41) is 8.74. The zero-order chi connectivity index (χ0) is 15.4. The summed E-state index contributed by atoms with van der Waals surface area (Å²) in [5.41, 5.74) is 6.38. The van der Waals surface area contributed by atoms with Crippen molar-refractivity contribution in [2.24, 2.45) is 11.7 Å². The highest BCUT2D eigenvalue weighted by molar-refractivity contribution is 5.94. The van der Waals surface area contributed by atoms with Crippen LogP contribution in [0.4, 0.5) is 4.39 Å². The van der Waals surface area contributed by atoms with Gasteiger partial charge in [-0.25, -0.2) is 4.39 Å². The number of carbonyl (C=O) groups excluding carboxylic acids is 1. The Hall–Kier alpha value is -1.95. The monoisotopic (exact) mass is 294 g/mol. The lowest BCUT2D eigenvalue weighted by atomic mass is 9.90. The Bertz CT molecular complexity index is 518. The van der Waals surface area contributed by atoms with E-state index < -0.39 is 5.97 Å². The van der Waals surface area contributed by atoms with Crippen LogP contribution in [0.1, 0.15) is 29.6 Å². The van der Waals surface area contributed by atoms with Gasteiger partial charge in [0.1, 0.15) is 5.82 Å². The molecule has 1 aliphatic heterocycles. The Morgan fingerprint density at radius 1 is 1.29 bits per heavy atom. The predicted octanol–water partition coefficient (Wildman–Crippen LogP) is 1.48. The first-order valence-corrected chi connectivity index (χ1v) is 6.98. The molecule has 0 aromatic heterocycles. The second kappa shape index (κ2) is 6.67. The Balaban J connectivity index is 2.02. The van der Waals surface area contributed by atoms with E-state index in [0.717, 1.165) is 6.42 Å². The highest BCUT2D eigenvalue weighted by atomic mass is 19.1. The van der Waals surface area contributed by atoms with Crippen molar-refractivity contribution in [3.8, 4) is 0 Å². The highest BCUT2D eigenvalue weighted by Crippen LogP contribution is 2.22. The van der Waals surface area contributed by atoms with Crippen LogP contribution in [0.5, 0.6) is 0 Å². The molecule has 114 valence electrons. The number of benzene rings is 1. The fraction of sp³-hybridized carbons (Fsp3) is 0.467. The molecular formula is C15H19FN2O3. The molecule has 1 aromatic rings. The van der Waals surface area contributed by atoms with Gasteiger partial charge in [-0.1, -0.05) is 0 Å². The van der Waals surface area contributed by atoms with E-state index in [0.29, 0.717) is 25.1 Å². The molecule has 0 bridgehead atoms. The molecule has 5 nitrogen and oxygen atoms in total. The number of carboxylic acid groups (broad SMARTS) is 1. The van der Waals surface area contributed by atoms with Crippen LogP contribution < -0.4 is 5.73 Å². The van der Waals surface area contributed by atoms with E-state index in [9.17, 15) is 14.0 Å². The number of carboxylic acids is 1. The van der Waals surface area contributed by atoms with E-state index in [2.05, 4.69) is 0 Å². The lowest BCUT2D eigenvalue weighted by molar-refractivity contribution is -0.137. The summed E-state index contributed by atoms with van der Waals surface area (Å²) < 4.78 is 12.9. The molecule has 2 atom stereocenters. The molecule has 1 amide bonds. The molecule has 0 aliphatic carbocycles. The second-order valence-electron chi connectivity index (χ2n) is 5.51. The number of rotatable bonds is 4. The minimum atomic E-state index is -0.842. The highest BCUT2D eigenvalue weighted by Gasteiger charge is 2.28. The third-order valence-electron chi connectivity index (χ3n) is 3.71. The number of piperidine rings is 1. The number of hydrogen-bond donors (Lipinski definition) is 2. The van der Waals surface area contributed by atoms with Crippen molar-refractivity contribution in [3.05, 3.63) is 35.6 Å². The van der Waals surface area contributed by atoms with Gasteiger partial charge in [-0.05, 0) is 43.0 Å². The standard InChI is InChI=1S/C15H19FN2O3/c16-12-4-2-11(3-5-12)15(21)18-8-10(1-6-14(19)20)7-13(17)9-18/h2-5,10,13H,1,6-9,17H2,(H,19,20). The first-order valence-electron chi connectivity index (χ1n) is 6.98. The summed E-state index contributed by atoms with van der Waals surface area (Å²) in [6.07, 6.45) is 1.31. The second-order valence-corrected chi connectivity index (χ2v) is 5.51. The average Bonchev–Trinajstić information content (AvgIpc) is 2.44. The zero-order valence-corrected chi connectivity index (χ0v) is 11.7. The summed E-state index contributed by atoms with van der Waals surface area (Å²) in [7, 11) is 0. The van der Waals surface area contributed by atoms with Gasteiger partial charge in [-0.2, -0.15) is 0 Å². The Labute approximate surface area is 122 Å². The molecule has 3 N–H and O–H groups in total. The Kier molecular flexibility index (Phi) is 4.90. The van der Waals surface area contributed by atoms with Gasteiger partial charge in [-0.15, -0.1) is 0 Å². The van der Waals surface area contributed by atoms with Crippen molar-refractivity contribution in [2.45, 2.75) is 25.3 Å². The maximum Gasteiger partial charge on any atom is 0.303 e. The van der Waals surface area contributed by atoms with Crippen molar-refractivity contribution < 1.29 is 19.1 Å². The van der Waals surface area contributed by atoms with E-state index in [1.165, 1.54) is 24.3 Å². The average molecular weight is 294 g/mol. The van der Waals surface area contributed by atoms with Crippen LogP contribution in [0.2, 0.25) is 0 Å². The Morgan fingerprint density at radius 2 is 1.95 bits per heavy atom. The van der Waals surface area contributed by atoms with Crippen LogP contribution in [0.3, 0.4) is 0 Å². The van der Waals surface area contributed by atoms with Crippen LogP contribution in [-0.2, 0) is 4.79 Å². The molecule has 1 aromatic carbocycles. The molecule has 2 unspecified atom stereocenters. The Morgan fingerprint density at radius 3 is 2.57 bits per heavy atom. The number of nitrogens with zero attached hydrogens (tertiary/aromatic N) is 1. The van der Waals surface area contributed by atoms with Crippen LogP contribution >= 0.6 is 0 Å². The fourth-order valence-corrected chi connectivity index (χ4v) is 2.72. The van der Waals surface area contributed by atoms with Gasteiger partial charge in [0.2, 0.25) is 0 Å². The van der Waals surface area contributed by atoms with Crippen molar-refractivity contribution in [1.82, 2.24) is 4.90 Å². The lowest BCUT2D eigenvalue weighted by Gasteiger charge is -2.36. The summed E-state index contributed by atoms with van der Waals surface area (Å²) in [4.78, 5) is 24.6. The van der Waals surface area contributed by atoms with Crippen LogP contribution in [-0.4, -0.2) is 41.0 Å². The number of hydrogen-bond acceptors (Lipinski definition) is 3. The third-order valence-corrected chi connectivity index (χ3v) is 3.71. The molecule has 6 heteroatoms. The third kappa shape index (κ3) is 4.26. The van der Waals surface area contributed by atoms with Gasteiger partial charge < -0.3 is 15.7 Å². The summed E-state index contributed by atoms with van der Waals surface area (Å²) in [6, 6.07) is 5.24. The van der Waals surface area contributed by atoms with Gasteiger partial charge in [-0.3, -0.25) is 9.59 Å². The van der Waals surface area contributed by atoms with Crippen molar-refractivity contribution >= 4 is 11.9 Å². The minimum absolute atomic E-state index is 0.0793. The van der Waals surface area contributed by atoms with Crippen LogP contribution in [0, 0.1) is 11.7 Å². The first kappa shape index (κ1) is 15.4. The first-order chi connectivity index (χ1) is 9.95. The van der Waals surface area contributed by atoms with Crippen molar-refractivity contribution in [3.63, 3.8) is 0 Å². The van der Waals surface area contributed by atoms with Gasteiger partial charge >= 0.3 is 5.97 Å². The number of halogens is 1. The van der Waals surface area contributed by atoms with E-state index in [1.807, 2.05) is 0 Å². The number of aliphatic carboxylic acids is 1. The zero-order valence-electron chi connectivity index (χ0n) is 11.7. The molecule has 2 rings (SSSR count). The van der Waals surface area contributed by atoms with Gasteiger partial charge in [0, 0.05) is 31.1 Å².